The Morgan fingerprint density at radius 2 is 2.19 bits per heavy atom. The Morgan fingerprint density at radius 1 is 1.43 bits per heavy atom. The van der Waals surface area contributed by atoms with Crippen LogP contribution >= 0.6 is 0 Å². The van der Waals surface area contributed by atoms with Gasteiger partial charge in [0.15, 0.2) is 0 Å². The molecule has 0 spiro atoms. The molecular formula is C16H19NO4. The lowest BCUT2D eigenvalue weighted by atomic mass is 10.0. The summed E-state index contributed by atoms with van der Waals surface area (Å²) in [5, 5.41) is 8.65. The first kappa shape index (κ1) is 15.3. The standard InChI is InChI=1S/C16H19NO4/c1-11-9-14(4-3-13(11)5-6-15(18)19)16(20)17-7-8-21-10-12(17)2/h3-6,9,12H,7-8,10H2,1-2H3,(H,18,19)/b6-5+. The quantitative estimate of drug-likeness (QED) is 0.864. The van der Waals surface area contributed by atoms with Crippen LogP contribution in [0, 0.1) is 6.92 Å². The molecule has 1 aromatic rings. The van der Waals surface area contributed by atoms with Gasteiger partial charge in [0.05, 0.1) is 19.3 Å². The molecule has 0 saturated carbocycles. The van der Waals surface area contributed by atoms with Crippen LogP contribution in [0.3, 0.4) is 0 Å². The molecule has 1 saturated heterocycles. The molecule has 5 nitrogen and oxygen atoms in total. The van der Waals surface area contributed by atoms with Crippen LogP contribution in [-0.4, -0.2) is 47.7 Å². The van der Waals surface area contributed by atoms with E-state index in [-0.39, 0.29) is 11.9 Å². The predicted molar refractivity (Wildman–Crippen MR) is 79.2 cm³/mol. The van der Waals surface area contributed by atoms with Crippen LogP contribution in [0.15, 0.2) is 24.3 Å². The van der Waals surface area contributed by atoms with Crippen molar-refractivity contribution >= 4 is 18.0 Å². The first-order valence-corrected chi connectivity index (χ1v) is 6.89. The number of hydrogen-bond donors (Lipinski definition) is 1. The number of aryl methyl sites for hydroxylation is 1. The summed E-state index contributed by atoms with van der Waals surface area (Å²) in [5.41, 5.74) is 2.29. The van der Waals surface area contributed by atoms with E-state index >= 15 is 0 Å². The molecule has 1 unspecified atom stereocenters. The molecule has 1 fully saturated rings. The number of amides is 1. The van der Waals surface area contributed by atoms with Crippen molar-refractivity contribution in [1.29, 1.82) is 0 Å². The van der Waals surface area contributed by atoms with E-state index < -0.39 is 5.97 Å². The highest BCUT2D eigenvalue weighted by molar-refractivity contribution is 5.95. The lowest BCUT2D eigenvalue weighted by molar-refractivity contribution is -0.131. The van der Waals surface area contributed by atoms with Gasteiger partial charge in [-0.05, 0) is 43.2 Å². The zero-order valence-corrected chi connectivity index (χ0v) is 12.2. The third-order valence-electron chi connectivity index (χ3n) is 3.55. The number of aliphatic carboxylic acids is 1. The van der Waals surface area contributed by atoms with Crippen molar-refractivity contribution in [2.45, 2.75) is 19.9 Å². The summed E-state index contributed by atoms with van der Waals surface area (Å²) in [6, 6.07) is 5.37. The second kappa shape index (κ2) is 6.54. The molecule has 0 aliphatic carbocycles. The lowest BCUT2D eigenvalue weighted by Gasteiger charge is -2.33. The van der Waals surface area contributed by atoms with Gasteiger partial charge in [-0.15, -0.1) is 0 Å². The van der Waals surface area contributed by atoms with E-state index in [1.165, 1.54) is 6.08 Å². The second-order valence-electron chi connectivity index (χ2n) is 5.17. The van der Waals surface area contributed by atoms with Crippen molar-refractivity contribution in [3.63, 3.8) is 0 Å². The average molecular weight is 289 g/mol. The Hall–Kier alpha value is -2.14. The van der Waals surface area contributed by atoms with Crippen LogP contribution in [-0.2, 0) is 9.53 Å². The molecule has 21 heavy (non-hydrogen) atoms. The molecule has 1 N–H and O–H groups in total. The monoisotopic (exact) mass is 289 g/mol. The molecule has 0 bridgehead atoms. The fourth-order valence-corrected chi connectivity index (χ4v) is 2.35. The molecule has 1 atom stereocenters. The summed E-state index contributed by atoms with van der Waals surface area (Å²) in [6.45, 7) is 5.55. The van der Waals surface area contributed by atoms with Crippen LogP contribution < -0.4 is 0 Å². The van der Waals surface area contributed by atoms with Crippen molar-refractivity contribution in [3.8, 4) is 0 Å². The van der Waals surface area contributed by atoms with Crippen LogP contribution in [0.4, 0.5) is 0 Å². The highest BCUT2D eigenvalue weighted by Crippen LogP contribution is 2.17. The van der Waals surface area contributed by atoms with Crippen LogP contribution in [0.25, 0.3) is 6.08 Å². The molecule has 1 amide bonds. The smallest absolute Gasteiger partial charge is 0.328 e. The second-order valence-corrected chi connectivity index (χ2v) is 5.17. The number of carbonyl (C=O) groups excluding carboxylic acids is 1. The first-order chi connectivity index (χ1) is 9.99. The van der Waals surface area contributed by atoms with Gasteiger partial charge in [-0.2, -0.15) is 0 Å². The zero-order valence-electron chi connectivity index (χ0n) is 12.2. The molecule has 1 heterocycles. The lowest BCUT2D eigenvalue weighted by Crippen LogP contribution is -2.47. The van der Waals surface area contributed by atoms with Crippen molar-refractivity contribution in [2.75, 3.05) is 19.8 Å². The summed E-state index contributed by atoms with van der Waals surface area (Å²) in [4.78, 5) is 24.9. The van der Waals surface area contributed by atoms with E-state index in [1.807, 2.05) is 18.7 Å². The number of carbonyl (C=O) groups is 2. The predicted octanol–water partition coefficient (Wildman–Crippen LogP) is 1.95. The van der Waals surface area contributed by atoms with Crippen LogP contribution in [0.2, 0.25) is 0 Å². The van der Waals surface area contributed by atoms with E-state index in [0.29, 0.717) is 25.3 Å². The molecule has 112 valence electrons. The number of hydrogen-bond acceptors (Lipinski definition) is 3. The molecule has 5 heteroatoms. The molecule has 1 aliphatic heterocycles. The van der Waals surface area contributed by atoms with Gasteiger partial charge >= 0.3 is 5.97 Å². The van der Waals surface area contributed by atoms with E-state index in [1.54, 1.807) is 18.2 Å². The van der Waals surface area contributed by atoms with Crippen LogP contribution in [0.1, 0.15) is 28.4 Å². The van der Waals surface area contributed by atoms with Crippen molar-refractivity contribution in [1.82, 2.24) is 4.90 Å². The minimum atomic E-state index is -0.989. The summed E-state index contributed by atoms with van der Waals surface area (Å²) in [6.07, 6.45) is 2.62. The topological polar surface area (TPSA) is 66.8 Å². The number of carboxylic acid groups (broad SMARTS) is 1. The van der Waals surface area contributed by atoms with E-state index in [4.69, 9.17) is 9.84 Å². The number of morpholine rings is 1. The van der Waals surface area contributed by atoms with Gasteiger partial charge in [-0.3, -0.25) is 4.79 Å². The van der Waals surface area contributed by atoms with Gasteiger partial charge in [0, 0.05) is 18.2 Å². The Balaban J connectivity index is 2.19. The van der Waals surface area contributed by atoms with Gasteiger partial charge in [0.25, 0.3) is 5.91 Å². The molecule has 0 aromatic heterocycles. The first-order valence-electron chi connectivity index (χ1n) is 6.89. The molecular weight excluding hydrogens is 270 g/mol. The summed E-state index contributed by atoms with van der Waals surface area (Å²) in [7, 11) is 0. The Labute approximate surface area is 123 Å². The zero-order chi connectivity index (χ0) is 15.4. The maximum Gasteiger partial charge on any atom is 0.328 e. The minimum Gasteiger partial charge on any atom is -0.478 e. The Bertz CT molecular complexity index is 580. The summed E-state index contributed by atoms with van der Waals surface area (Å²) >= 11 is 0. The fourth-order valence-electron chi connectivity index (χ4n) is 2.35. The maximum atomic E-state index is 12.5. The maximum absolute atomic E-state index is 12.5. The van der Waals surface area contributed by atoms with Crippen molar-refractivity contribution < 1.29 is 19.4 Å². The van der Waals surface area contributed by atoms with Gasteiger partial charge in [-0.25, -0.2) is 4.79 Å². The highest BCUT2D eigenvalue weighted by atomic mass is 16.5. The van der Waals surface area contributed by atoms with Gasteiger partial charge < -0.3 is 14.7 Å². The third kappa shape index (κ3) is 3.70. The van der Waals surface area contributed by atoms with Gasteiger partial charge in [-0.1, -0.05) is 6.07 Å². The van der Waals surface area contributed by atoms with Crippen molar-refractivity contribution in [2.24, 2.45) is 0 Å². The minimum absolute atomic E-state index is 0.0114. The molecule has 2 rings (SSSR count). The van der Waals surface area contributed by atoms with E-state index in [9.17, 15) is 9.59 Å². The Kier molecular flexibility index (Phi) is 4.75. The van der Waals surface area contributed by atoms with Gasteiger partial charge in [0.1, 0.15) is 0 Å². The van der Waals surface area contributed by atoms with Gasteiger partial charge in [0.2, 0.25) is 0 Å². The normalized spacial score (nSPS) is 19.0. The highest BCUT2D eigenvalue weighted by Gasteiger charge is 2.24. The number of ether oxygens (including phenoxy) is 1. The third-order valence-corrected chi connectivity index (χ3v) is 3.55. The number of benzene rings is 1. The van der Waals surface area contributed by atoms with Crippen molar-refractivity contribution in [3.05, 3.63) is 41.0 Å². The number of rotatable bonds is 3. The van der Waals surface area contributed by atoms with E-state index in [2.05, 4.69) is 0 Å². The molecule has 0 radical (unpaired) electrons. The number of carboxylic acids is 1. The van der Waals surface area contributed by atoms with E-state index in [0.717, 1.165) is 17.2 Å². The molecule has 1 aromatic carbocycles. The summed E-state index contributed by atoms with van der Waals surface area (Å²) < 4.78 is 5.34. The SMILES string of the molecule is Cc1cc(C(=O)N2CCOCC2C)ccc1/C=C/C(=O)O. The largest absolute Gasteiger partial charge is 0.478 e. The van der Waals surface area contributed by atoms with Crippen LogP contribution in [0.5, 0.6) is 0 Å². The fraction of sp³-hybridized carbons (Fsp3) is 0.375. The summed E-state index contributed by atoms with van der Waals surface area (Å²) in [5.74, 6) is -1.00. The Morgan fingerprint density at radius 3 is 2.81 bits per heavy atom. The molecule has 1 aliphatic rings. The number of nitrogens with zero attached hydrogens (tertiary/aromatic N) is 1. The average Bonchev–Trinajstić information content (AvgIpc) is 2.45.